The maximum atomic E-state index is 12.0. The quantitative estimate of drug-likeness (QED) is 0.285. The number of carbonyl (C=O) groups excluding carboxylic acids is 1. The number of carbonyl (C=O) groups is 1. The van der Waals surface area contributed by atoms with Gasteiger partial charge in [0.2, 0.25) is 0 Å². The number of nitrogens with zero attached hydrogens (tertiary/aromatic N) is 2. The van der Waals surface area contributed by atoms with Crippen LogP contribution >= 0.6 is 24.0 Å². The van der Waals surface area contributed by atoms with Crippen molar-refractivity contribution in [1.29, 1.82) is 0 Å². The summed E-state index contributed by atoms with van der Waals surface area (Å²) in [5, 5.41) is 6.37. The van der Waals surface area contributed by atoms with E-state index in [1.807, 2.05) is 46.8 Å². The minimum atomic E-state index is -0.497. The second-order valence-corrected chi connectivity index (χ2v) is 8.45. The van der Waals surface area contributed by atoms with Gasteiger partial charge in [-0.3, -0.25) is 4.99 Å². The van der Waals surface area contributed by atoms with Gasteiger partial charge in [-0.05, 0) is 65.2 Å². The van der Waals surface area contributed by atoms with E-state index in [9.17, 15) is 4.79 Å². The minimum absolute atomic E-state index is 0. The first-order valence-corrected chi connectivity index (χ1v) is 11.1. The molecule has 182 valence electrons. The van der Waals surface area contributed by atoms with E-state index < -0.39 is 5.60 Å². The number of ether oxygens (including phenoxy) is 3. The second kappa shape index (κ2) is 13.6. The summed E-state index contributed by atoms with van der Waals surface area (Å²) in [5.41, 5.74) is 0.670. The van der Waals surface area contributed by atoms with Gasteiger partial charge in [0.25, 0.3) is 0 Å². The molecular weight excluding hydrogens is 523 g/mol. The molecule has 1 amide bonds. The highest BCUT2D eigenvalue weighted by molar-refractivity contribution is 14.0. The third kappa shape index (κ3) is 9.30. The number of hydrogen-bond acceptors (Lipinski definition) is 5. The Morgan fingerprint density at radius 3 is 2.50 bits per heavy atom. The van der Waals surface area contributed by atoms with Crippen molar-refractivity contribution in [1.82, 2.24) is 15.5 Å². The number of guanidine groups is 1. The summed E-state index contributed by atoms with van der Waals surface area (Å²) in [6, 6.07) is 6.12. The molecular formula is C23H39IN4O4. The van der Waals surface area contributed by atoms with E-state index in [-0.39, 0.29) is 36.1 Å². The van der Waals surface area contributed by atoms with Crippen LogP contribution in [0.4, 0.5) is 4.79 Å². The van der Waals surface area contributed by atoms with Crippen molar-refractivity contribution in [3.05, 3.63) is 23.8 Å². The van der Waals surface area contributed by atoms with Gasteiger partial charge >= 0.3 is 6.09 Å². The van der Waals surface area contributed by atoms with E-state index >= 15 is 0 Å². The molecule has 1 aromatic rings. The number of rotatable bonds is 8. The van der Waals surface area contributed by atoms with Crippen LogP contribution in [-0.2, 0) is 11.2 Å². The molecule has 2 rings (SSSR count). The van der Waals surface area contributed by atoms with Crippen LogP contribution in [0.2, 0.25) is 0 Å². The predicted molar refractivity (Wildman–Crippen MR) is 139 cm³/mol. The summed E-state index contributed by atoms with van der Waals surface area (Å²) in [6.45, 7) is 13.0. The molecule has 0 aliphatic carbocycles. The van der Waals surface area contributed by atoms with Crippen LogP contribution in [0.5, 0.6) is 11.5 Å². The Morgan fingerprint density at radius 1 is 1.19 bits per heavy atom. The fourth-order valence-corrected chi connectivity index (χ4v) is 3.45. The average Bonchev–Trinajstić information content (AvgIpc) is 3.14. The smallest absolute Gasteiger partial charge is 0.407 e. The van der Waals surface area contributed by atoms with Crippen molar-refractivity contribution >= 4 is 36.0 Å². The fraction of sp³-hybridized carbons (Fsp3) is 0.652. The molecule has 0 aromatic heterocycles. The number of alkyl carbamates (subject to hydrolysis) is 1. The summed E-state index contributed by atoms with van der Waals surface area (Å²) < 4.78 is 16.7. The molecule has 1 aliphatic heterocycles. The number of hydrogen-bond donors (Lipinski definition) is 2. The molecule has 1 aliphatic rings. The SMILES string of the molecule is CCOc1ccc(CCNC(=NC)N2CCC(NC(=O)OC(C)(C)C)C2)cc1OCC.I. The number of aliphatic imine (C=N–C) groups is 1. The van der Waals surface area contributed by atoms with E-state index in [2.05, 4.69) is 26.6 Å². The number of nitrogens with one attached hydrogen (secondary N) is 2. The summed E-state index contributed by atoms with van der Waals surface area (Å²) in [5.74, 6) is 2.39. The van der Waals surface area contributed by atoms with E-state index in [0.717, 1.165) is 43.4 Å². The van der Waals surface area contributed by atoms with Crippen LogP contribution in [0.1, 0.15) is 46.6 Å². The zero-order chi connectivity index (χ0) is 22.9. The van der Waals surface area contributed by atoms with Crippen LogP contribution in [0, 0.1) is 0 Å². The topological polar surface area (TPSA) is 84.4 Å². The highest BCUT2D eigenvalue weighted by Gasteiger charge is 2.27. The van der Waals surface area contributed by atoms with Gasteiger partial charge in [-0.15, -0.1) is 24.0 Å². The molecule has 1 saturated heterocycles. The first kappa shape index (κ1) is 28.1. The van der Waals surface area contributed by atoms with Crippen LogP contribution in [0.25, 0.3) is 0 Å². The van der Waals surface area contributed by atoms with Crippen LogP contribution in [0.3, 0.4) is 0 Å². The second-order valence-electron chi connectivity index (χ2n) is 8.45. The Balaban J connectivity index is 0.00000512. The molecule has 9 heteroatoms. The van der Waals surface area contributed by atoms with Crippen LogP contribution < -0.4 is 20.1 Å². The van der Waals surface area contributed by atoms with E-state index in [1.54, 1.807) is 7.05 Å². The van der Waals surface area contributed by atoms with Gasteiger partial charge in [-0.25, -0.2) is 4.79 Å². The Morgan fingerprint density at radius 2 is 1.88 bits per heavy atom. The summed E-state index contributed by atoms with van der Waals surface area (Å²) in [4.78, 5) is 18.6. The lowest BCUT2D eigenvalue weighted by Gasteiger charge is -2.23. The largest absolute Gasteiger partial charge is 0.490 e. The first-order valence-electron chi connectivity index (χ1n) is 11.1. The van der Waals surface area contributed by atoms with Crippen molar-refractivity contribution in [2.24, 2.45) is 4.99 Å². The molecule has 1 fully saturated rings. The molecule has 1 atom stereocenters. The van der Waals surface area contributed by atoms with Gasteiger partial charge in [0.15, 0.2) is 17.5 Å². The highest BCUT2D eigenvalue weighted by Crippen LogP contribution is 2.28. The normalized spacial score (nSPS) is 16.2. The maximum absolute atomic E-state index is 12.0. The van der Waals surface area contributed by atoms with Crippen molar-refractivity contribution in [2.45, 2.75) is 59.1 Å². The molecule has 8 nitrogen and oxygen atoms in total. The number of halogens is 1. The third-order valence-electron chi connectivity index (χ3n) is 4.73. The Bertz CT molecular complexity index is 752. The molecule has 32 heavy (non-hydrogen) atoms. The van der Waals surface area contributed by atoms with Crippen molar-refractivity contribution < 1.29 is 19.0 Å². The van der Waals surface area contributed by atoms with Crippen molar-refractivity contribution in [3.8, 4) is 11.5 Å². The number of benzene rings is 1. The molecule has 2 N–H and O–H groups in total. The van der Waals surface area contributed by atoms with E-state index in [4.69, 9.17) is 14.2 Å². The van der Waals surface area contributed by atoms with E-state index in [1.165, 1.54) is 5.56 Å². The van der Waals surface area contributed by atoms with Gasteiger partial charge in [0.1, 0.15) is 5.60 Å². The Kier molecular flexibility index (Phi) is 11.9. The molecule has 1 heterocycles. The summed E-state index contributed by atoms with van der Waals surface area (Å²) >= 11 is 0. The van der Waals surface area contributed by atoms with Gasteiger partial charge < -0.3 is 29.7 Å². The predicted octanol–water partition coefficient (Wildman–Crippen LogP) is 3.82. The Labute approximate surface area is 209 Å². The number of likely N-dealkylation sites (tertiary alicyclic amines) is 1. The van der Waals surface area contributed by atoms with Crippen LogP contribution in [-0.4, -0.2) is 68.5 Å². The zero-order valence-electron chi connectivity index (χ0n) is 20.2. The lowest BCUT2D eigenvalue weighted by atomic mass is 10.1. The molecule has 0 radical (unpaired) electrons. The zero-order valence-corrected chi connectivity index (χ0v) is 22.5. The first-order chi connectivity index (χ1) is 14.8. The van der Waals surface area contributed by atoms with Gasteiger partial charge in [0, 0.05) is 26.7 Å². The standard InChI is InChI=1S/C23H38N4O4.HI/c1-7-29-19-10-9-17(15-20(19)30-8-2)11-13-25-21(24-6)27-14-12-18(16-27)26-22(28)31-23(3,4)5;/h9-10,15,18H,7-8,11-14,16H2,1-6H3,(H,24,25)(H,26,28);1H. The van der Waals surface area contributed by atoms with Crippen molar-refractivity contribution in [2.75, 3.05) is 39.9 Å². The maximum Gasteiger partial charge on any atom is 0.407 e. The monoisotopic (exact) mass is 562 g/mol. The van der Waals surface area contributed by atoms with E-state index in [0.29, 0.717) is 19.8 Å². The summed E-state index contributed by atoms with van der Waals surface area (Å²) in [7, 11) is 1.78. The molecule has 0 saturated carbocycles. The summed E-state index contributed by atoms with van der Waals surface area (Å²) in [6.07, 6.45) is 1.32. The molecule has 0 spiro atoms. The van der Waals surface area contributed by atoms with Crippen molar-refractivity contribution in [3.63, 3.8) is 0 Å². The van der Waals surface area contributed by atoms with Crippen LogP contribution in [0.15, 0.2) is 23.2 Å². The molecule has 1 unspecified atom stereocenters. The Hall–Kier alpha value is -1.91. The fourth-order valence-electron chi connectivity index (χ4n) is 3.45. The molecule has 0 bridgehead atoms. The minimum Gasteiger partial charge on any atom is -0.490 e. The lowest BCUT2D eigenvalue weighted by Crippen LogP contribution is -2.44. The van der Waals surface area contributed by atoms with Gasteiger partial charge in [-0.1, -0.05) is 6.07 Å². The third-order valence-corrected chi connectivity index (χ3v) is 4.73. The van der Waals surface area contributed by atoms with Gasteiger partial charge in [-0.2, -0.15) is 0 Å². The number of amides is 1. The van der Waals surface area contributed by atoms with Gasteiger partial charge in [0.05, 0.1) is 19.3 Å². The molecule has 1 aromatic carbocycles. The highest BCUT2D eigenvalue weighted by atomic mass is 127. The lowest BCUT2D eigenvalue weighted by molar-refractivity contribution is 0.0507. The average molecular weight is 562 g/mol.